The van der Waals surface area contributed by atoms with Gasteiger partial charge >= 0.3 is 6.18 Å². The van der Waals surface area contributed by atoms with E-state index in [2.05, 4.69) is 10.6 Å². The summed E-state index contributed by atoms with van der Waals surface area (Å²) in [7, 11) is 0. The first-order valence-electron chi connectivity index (χ1n) is 8.09. The van der Waals surface area contributed by atoms with Gasteiger partial charge in [0.2, 0.25) is 0 Å². The van der Waals surface area contributed by atoms with Crippen LogP contribution in [0.25, 0.3) is 0 Å². The topological polar surface area (TPSA) is 53.6 Å². The number of nitrogens with zero attached hydrogens (tertiary/aromatic N) is 1. The molecule has 1 heterocycles. The number of carbonyl (C=O) groups is 1. The summed E-state index contributed by atoms with van der Waals surface area (Å²) in [6, 6.07) is 0.920. The van der Waals surface area contributed by atoms with Crippen LogP contribution in [0.3, 0.4) is 0 Å². The standard InChI is InChI=1S/C16H20F5N3O2/c1-10(26-11-2-3-12(17)13(18)8-11)15(25)23-9-14(16(19,20)21)24-6-4-22-5-7-24/h2-3,8,10,14,22H,4-7,9H2,1H3,(H,23,25). The fourth-order valence-corrected chi connectivity index (χ4v) is 2.59. The fourth-order valence-electron chi connectivity index (χ4n) is 2.59. The number of halogens is 5. The highest BCUT2D eigenvalue weighted by Crippen LogP contribution is 2.25. The highest BCUT2D eigenvalue weighted by atomic mass is 19.4. The zero-order valence-corrected chi connectivity index (χ0v) is 14.1. The molecule has 1 aromatic rings. The Morgan fingerprint density at radius 2 is 1.92 bits per heavy atom. The third-order valence-corrected chi connectivity index (χ3v) is 4.01. The molecule has 2 unspecified atom stereocenters. The van der Waals surface area contributed by atoms with Crippen LogP contribution in [0.15, 0.2) is 18.2 Å². The quantitative estimate of drug-likeness (QED) is 0.737. The number of amides is 1. The molecule has 1 saturated heterocycles. The van der Waals surface area contributed by atoms with Gasteiger partial charge < -0.3 is 15.4 Å². The molecule has 2 rings (SSSR count). The molecule has 1 aromatic carbocycles. The van der Waals surface area contributed by atoms with Crippen molar-refractivity contribution in [2.24, 2.45) is 0 Å². The molecule has 0 radical (unpaired) electrons. The van der Waals surface area contributed by atoms with E-state index in [9.17, 15) is 26.7 Å². The molecule has 0 saturated carbocycles. The Labute approximate surface area is 147 Å². The van der Waals surface area contributed by atoms with E-state index in [0.29, 0.717) is 13.1 Å². The molecule has 0 spiro atoms. The molecule has 1 amide bonds. The van der Waals surface area contributed by atoms with Crippen molar-refractivity contribution in [1.82, 2.24) is 15.5 Å². The molecule has 0 aromatic heterocycles. The van der Waals surface area contributed by atoms with Gasteiger partial charge in [0.05, 0.1) is 0 Å². The van der Waals surface area contributed by atoms with Gasteiger partial charge in [0.25, 0.3) is 5.91 Å². The second kappa shape index (κ2) is 8.63. The van der Waals surface area contributed by atoms with Crippen molar-refractivity contribution in [3.63, 3.8) is 0 Å². The molecule has 2 N–H and O–H groups in total. The zero-order chi connectivity index (χ0) is 19.3. The van der Waals surface area contributed by atoms with Gasteiger partial charge in [0.15, 0.2) is 17.7 Å². The van der Waals surface area contributed by atoms with Gasteiger partial charge in [-0.25, -0.2) is 8.78 Å². The molecule has 5 nitrogen and oxygen atoms in total. The smallest absolute Gasteiger partial charge is 0.405 e. The second-order valence-corrected chi connectivity index (χ2v) is 5.92. The number of benzene rings is 1. The van der Waals surface area contributed by atoms with Crippen molar-refractivity contribution in [1.29, 1.82) is 0 Å². The highest BCUT2D eigenvalue weighted by molar-refractivity contribution is 5.80. The number of alkyl halides is 3. The summed E-state index contributed by atoms with van der Waals surface area (Å²) in [6.45, 7) is 2.02. The predicted octanol–water partition coefficient (Wildman–Crippen LogP) is 1.68. The summed E-state index contributed by atoms with van der Waals surface area (Å²) < 4.78 is 70.9. The van der Waals surface area contributed by atoms with E-state index in [0.717, 1.165) is 18.2 Å². The van der Waals surface area contributed by atoms with Crippen molar-refractivity contribution in [2.75, 3.05) is 32.7 Å². The average Bonchev–Trinajstić information content (AvgIpc) is 2.58. The zero-order valence-electron chi connectivity index (χ0n) is 14.1. The van der Waals surface area contributed by atoms with Gasteiger partial charge in [0.1, 0.15) is 11.8 Å². The highest BCUT2D eigenvalue weighted by Gasteiger charge is 2.44. The van der Waals surface area contributed by atoms with Gasteiger partial charge in [-0.3, -0.25) is 9.69 Å². The van der Waals surface area contributed by atoms with Gasteiger partial charge in [-0.15, -0.1) is 0 Å². The number of carbonyl (C=O) groups excluding carboxylic acids is 1. The van der Waals surface area contributed by atoms with E-state index in [4.69, 9.17) is 4.74 Å². The Kier molecular flexibility index (Phi) is 6.76. The molecular formula is C16H20F5N3O2. The lowest BCUT2D eigenvalue weighted by molar-refractivity contribution is -0.184. The summed E-state index contributed by atoms with van der Waals surface area (Å²) in [4.78, 5) is 13.3. The molecule has 0 aliphatic carbocycles. The number of piperazine rings is 1. The normalized spacial score (nSPS) is 18.2. The summed E-state index contributed by atoms with van der Waals surface area (Å²) in [5.74, 6) is -3.09. The maximum Gasteiger partial charge on any atom is 0.405 e. The number of hydrogen-bond donors (Lipinski definition) is 2. The van der Waals surface area contributed by atoms with Gasteiger partial charge in [-0.05, 0) is 19.1 Å². The first kappa shape index (κ1) is 20.4. The van der Waals surface area contributed by atoms with E-state index in [-0.39, 0.29) is 18.8 Å². The van der Waals surface area contributed by atoms with Crippen LogP contribution in [0, 0.1) is 11.6 Å². The summed E-state index contributed by atoms with van der Waals surface area (Å²) >= 11 is 0. The van der Waals surface area contributed by atoms with Crippen LogP contribution in [0.4, 0.5) is 22.0 Å². The monoisotopic (exact) mass is 381 g/mol. The van der Waals surface area contributed by atoms with Gasteiger partial charge in [-0.1, -0.05) is 0 Å². The van der Waals surface area contributed by atoms with Crippen LogP contribution in [0.2, 0.25) is 0 Å². The van der Waals surface area contributed by atoms with Crippen molar-refractivity contribution < 1.29 is 31.5 Å². The third kappa shape index (κ3) is 5.53. The molecule has 1 aliphatic rings. The first-order chi connectivity index (χ1) is 12.2. The maximum absolute atomic E-state index is 13.3. The molecular weight excluding hydrogens is 361 g/mol. The molecule has 1 aliphatic heterocycles. The van der Waals surface area contributed by atoms with Crippen LogP contribution < -0.4 is 15.4 Å². The van der Waals surface area contributed by atoms with Crippen molar-refractivity contribution in [2.45, 2.75) is 25.2 Å². The molecule has 26 heavy (non-hydrogen) atoms. The molecule has 0 bridgehead atoms. The van der Waals surface area contributed by atoms with Crippen molar-refractivity contribution in [3.05, 3.63) is 29.8 Å². The van der Waals surface area contributed by atoms with Gasteiger partial charge in [-0.2, -0.15) is 13.2 Å². The van der Waals surface area contributed by atoms with E-state index >= 15 is 0 Å². The van der Waals surface area contributed by atoms with Crippen LogP contribution in [0.1, 0.15) is 6.92 Å². The molecule has 146 valence electrons. The number of rotatable bonds is 6. The molecule has 1 fully saturated rings. The number of hydrogen-bond acceptors (Lipinski definition) is 4. The largest absolute Gasteiger partial charge is 0.481 e. The predicted molar refractivity (Wildman–Crippen MR) is 83.7 cm³/mol. The Balaban J connectivity index is 1.92. The summed E-state index contributed by atoms with van der Waals surface area (Å²) in [5, 5.41) is 5.19. The lowest BCUT2D eigenvalue weighted by Gasteiger charge is -2.36. The van der Waals surface area contributed by atoms with Crippen molar-refractivity contribution >= 4 is 5.91 Å². The van der Waals surface area contributed by atoms with Crippen LogP contribution >= 0.6 is 0 Å². The first-order valence-corrected chi connectivity index (χ1v) is 8.09. The maximum atomic E-state index is 13.3. The Morgan fingerprint density at radius 1 is 1.27 bits per heavy atom. The van der Waals surface area contributed by atoms with Gasteiger partial charge in [0, 0.05) is 38.8 Å². The van der Waals surface area contributed by atoms with Crippen LogP contribution in [-0.2, 0) is 4.79 Å². The Morgan fingerprint density at radius 3 is 2.50 bits per heavy atom. The van der Waals surface area contributed by atoms with Crippen LogP contribution in [-0.4, -0.2) is 61.9 Å². The van der Waals surface area contributed by atoms with E-state index in [1.807, 2.05) is 0 Å². The third-order valence-electron chi connectivity index (χ3n) is 4.01. The Bertz CT molecular complexity index is 620. The number of ether oxygens (including phenoxy) is 1. The lowest BCUT2D eigenvalue weighted by Crippen LogP contribution is -2.58. The van der Waals surface area contributed by atoms with E-state index in [1.54, 1.807) is 0 Å². The molecule has 2 atom stereocenters. The van der Waals surface area contributed by atoms with E-state index in [1.165, 1.54) is 11.8 Å². The summed E-state index contributed by atoms with van der Waals surface area (Å²) in [5.41, 5.74) is 0. The SMILES string of the molecule is CC(Oc1ccc(F)c(F)c1)C(=O)NCC(N1CCNCC1)C(F)(F)F. The van der Waals surface area contributed by atoms with Crippen LogP contribution in [0.5, 0.6) is 5.75 Å². The number of nitrogens with one attached hydrogen (secondary N) is 2. The second-order valence-electron chi connectivity index (χ2n) is 5.92. The van der Waals surface area contributed by atoms with E-state index < -0.39 is 42.4 Å². The minimum atomic E-state index is -4.49. The minimum absolute atomic E-state index is 0.0963. The van der Waals surface area contributed by atoms with Crippen molar-refractivity contribution in [3.8, 4) is 5.75 Å². The fraction of sp³-hybridized carbons (Fsp3) is 0.562. The molecule has 10 heteroatoms. The average molecular weight is 381 g/mol. The summed E-state index contributed by atoms with van der Waals surface area (Å²) in [6.07, 6.45) is -5.66. The minimum Gasteiger partial charge on any atom is -0.481 e. The lowest BCUT2D eigenvalue weighted by atomic mass is 10.2. The Hall–Kier alpha value is -1.94.